The van der Waals surface area contributed by atoms with E-state index in [2.05, 4.69) is 15.0 Å². The maximum atomic E-state index is 12.9. The summed E-state index contributed by atoms with van der Waals surface area (Å²) in [5, 5.41) is 0. The molecule has 0 aliphatic rings. The lowest BCUT2D eigenvalue weighted by Crippen LogP contribution is -2.15. The fourth-order valence-electron chi connectivity index (χ4n) is 1.42. The van der Waals surface area contributed by atoms with Gasteiger partial charge in [-0.25, -0.2) is 9.18 Å². The maximum absolute atomic E-state index is 12.9. The molecule has 0 aliphatic heterocycles. The van der Waals surface area contributed by atoms with Crippen LogP contribution in [0.5, 0.6) is 0 Å². The molecule has 5 nitrogen and oxygen atoms in total. The number of hydrogen-bond acceptors (Lipinski definition) is 4. The van der Waals surface area contributed by atoms with Crippen LogP contribution in [0, 0.1) is 12.7 Å². The number of aryl methyl sites for hydroxylation is 1. The van der Waals surface area contributed by atoms with Crippen LogP contribution in [-0.4, -0.2) is 15.0 Å². The number of nitrogen functional groups attached to an aromatic ring is 1. The number of halogens is 1. The lowest BCUT2D eigenvalue weighted by molar-refractivity contribution is 0.627. The Balaban J connectivity index is 2.63. The average Bonchev–Trinajstić information content (AvgIpc) is 2.15. The Kier molecular flexibility index (Phi) is 2.40. The van der Waals surface area contributed by atoms with Gasteiger partial charge < -0.3 is 5.73 Å². The molecular formula is C10H9FN4O. The molecule has 0 fully saturated rings. The summed E-state index contributed by atoms with van der Waals surface area (Å²) in [5.74, 6) is -0.164. The number of nitrogens with zero attached hydrogens (tertiary/aromatic N) is 2. The molecule has 6 heteroatoms. The van der Waals surface area contributed by atoms with E-state index in [9.17, 15) is 9.18 Å². The van der Waals surface area contributed by atoms with E-state index in [1.807, 2.05) is 0 Å². The minimum Gasteiger partial charge on any atom is -0.368 e. The first-order chi connectivity index (χ1) is 7.56. The molecule has 3 N–H and O–H groups in total. The van der Waals surface area contributed by atoms with Gasteiger partial charge in [0.05, 0.1) is 0 Å². The molecule has 2 aromatic rings. The predicted molar refractivity (Wildman–Crippen MR) is 57.2 cm³/mol. The van der Waals surface area contributed by atoms with Crippen LogP contribution in [0.15, 0.2) is 23.0 Å². The molecule has 0 spiro atoms. The summed E-state index contributed by atoms with van der Waals surface area (Å²) < 4.78 is 12.9. The van der Waals surface area contributed by atoms with Gasteiger partial charge in [0.1, 0.15) is 11.6 Å². The lowest BCUT2D eigenvalue weighted by Gasteiger charge is -2.04. The van der Waals surface area contributed by atoms with Crippen molar-refractivity contribution in [3.05, 3.63) is 40.1 Å². The number of aromatic nitrogens is 3. The molecule has 0 atom stereocenters. The second-order valence-electron chi connectivity index (χ2n) is 3.32. The Bertz CT molecular complexity index is 594. The molecular weight excluding hydrogens is 211 g/mol. The lowest BCUT2D eigenvalue weighted by atomic mass is 10.1. The number of hydrogen-bond donors (Lipinski definition) is 2. The molecule has 0 radical (unpaired) electrons. The Labute approximate surface area is 90.2 Å². The molecule has 1 heterocycles. The minimum absolute atomic E-state index is 0.109. The molecule has 16 heavy (non-hydrogen) atoms. The van der Waals surface area contributed by atoms with Gasteiger partial charge in [-0.3, -0.25) is 4.98 Å². The fraction of sp³-hybridized carbons (Fsp3) is 0.100. The zero-order valence-corrected chi connectivity index (χ0v) is 8.49. The summed E-state index contributed by atoms with van der Waals surface area (Å²) in [6.45, 7) is 1.72. The Morgan fingerprint density at radius 2 is 2.12 bits per heavy atom. The molecule has 82 valence electrons. The number of aromatic amines is 1. The highest BCUT2D eigenvalue weighted by atomic mass is 19.1. The average molecular weight is 220 g/mol. The number of rotatable bonds is 1. The van der Waals surface area contributed by atoms with Crippen molar-refractivity contribution >= 4 is 5.95 Å². The SMILES string of the molecule is Cc1cc(F)ccc1-c1nc(N)nc(=O)[nH]1. The Hall–Kier alpha value is -2.24. The quantitative estimate of drug-likeness (QED) is 0.746. The summed E-state index contributed by atoms with van der Waals surface area (Å²) in [7, 11) is 0. The third-order valence-electron chi connectivity index (χ3n) is 2.11. The van der Waals surface area contributed by atoms with Crippen LogP contribution < -0.4 is 11.4 Å². The van der Waals surface area contributed by atoms with Gasteiger partial charge in [0, 0.05) is 5.56 Å². The van der Waals surface area contributed by atoms with Crippen molar-refractivity contribution in [1.82, 2.24) is 15.0 Å². The van der Waals surface area contributed by atoms with Crippen LogP contribution >= 0.6 is 0 Å². The molecule has 1 aromatic heterocycles. The monoisotopic (exact) mass is 220 g/mol. The molecule has 1 aromatic carbocycles. The molecule has 0 saturated carbocycles. The van der Waals surface area contributed by atoms with E-state index in [0.717, 1.165) is 0 Å². The second kappa shape index (κ2) is 3.73. The van der Waals surface area contributed by atoms with Crippen LogP contribution in [0.2, 0.25) is 0 Å². The number of H-pyrrole nitrogens is 1. The van der Waals surface area contributed by atoms with Gasteiger partial charge in [-0.15, -0.1) is 0 Å². The number of nitrogens with two attached hydrogens (primary N) is 1. The summed E-state index contributed by atoms with van der Waals surface area (Å²) in [6.07, 6.45) is 0. The first-order valence-corrected chi connectivity index (χ1v) is 4.56. The highest BCUT2D eigenvalue weighted by molar-refractivity contribution is 5.60. The van der Waals surface area contributed by atoms with Crippen LogP contribution in [0.4, 0.5) is 10.3 Å². The highest BCUT2D eigenvalue weighted by Crippen LogP contribution is 2.19. The third kappa shape index (κ3) is 1.90. The van der Waals surface area contributed by atoms with Gasteiger partial charge in [-0.05, 0) is 30.7 Å². The minimum atomic E-state index is -0.578. The summed E-state index contributed by atoms with van der Waals surface area (Å²) in [5.41, 5.74) is 6.06. The molecule has 0 unspecified atom stereocenters. The molecule has 0 amide bonds. The second-order valence-corrected chi connectivity index (χ2v) is 3.32. The number of benzene rings is 1. The van der Waals surface area contributed by atoms with Crippen molar-refractivity contribution in [3.63, 3.8) is 0 Å². The van der Waals surface area contributed by atoms with Crippen molar-refractivity contribution < 1.29 is 4.39 Å². The van der Waals surface area contributed by atoms with E-state index in [0.29, 0.717) is 11.1 Å². The van der Waals surface area contributed by atoms with Crippen LogP contribution in [0.3, 0.4) is 0 Å². The van der Waals surface area contributed by atoms with Crippen molar-refractivity contribution in [2.75, 3.05) is 5.73 Å². The van der Waals surface area contributed by atoms with Gasteiger partial charge in [-0.2, -0.15) is 9.97 Å². The zero-order valence-electron chi connectivity index (χ0n) is 8.49. The van der Waals surface area contributed by atoms with E-state index >= 15 is 0 Å². The Morgan fingerprint density at radius 1 is 1.38 bits per heavy atom. The van der Waals surface area contributed by atoms with Crippen molar-refractivity contribution in [2.45, 2.75) is 6.92 Å². The number of anilines is 1. The van der Waals surface area contributed by atoms with Crippen LogP contribution in [0.1, 0.15) is 5.56 Å². The van der Waals surface area contributed by atoms with Crippen molar-refractivity contribution in [2.24, 2.45) is 0 Å². The van der Waals surface area contributed by atoms with E-state index in [4.69, 9.17) is 5.73 Å². The van der Waals surface area contributed by atoms with Gasteiger partial charge >= 0.3 is 5.69 Å². The first-order valence-electron chi connectivity index (χ1n) is 4.56. The zero-order chi connectivity index (χ0) is 11.7. The fourth-order valence-corrected chi connectivity index (χ4v) is 1.42. The molecule has 0 bridgehead atoms. The smallest absolute Gasteiger partial charge is 0.349 e. The van der Waals surface area contributed by atoms with E-state index < -0.39 is 5.69 Å². The van der Waals surface area contributed by atoms with E-state index in [1.54, 1.807) is 6.92 Å². The van der Waals surface area contributed by atoms with Gasteiger partial charge in [0.25, 0.3) is 0 Å². The molecule has 0 saturated heterocycles. The standard InChI is InChI=1S/C10H9FN4O/c1-5-4-6(11)2-3-7(5)8-13-9(12)15-10(16)14-8/h2-4H,1H3,(H3,12,13,14,15,16). The largest absolute Gasteiger partial charge is 0.368 e. The van der Waals surface area contributed by atoms with Crippen molar-refractivity contribution in [3.8, 4) is 11.4 Å². The maximum Gasteiger partial charge on any atom is 0.349 e. The van der Waals surface area contributed by atoms with Gasteiger partial charge in [0.2, 0.25) is 5.95 Å². The van der Waals surface area contributed by atoms with Crippen LogP contribution in [0.25, 0.3) is 11.4 Å². The topological polar surface area (TPSA) is 84.7 Å². The normalized spacial score (nSPS) is 10.4. The van der Waals surface area contributed by atoms with Gasteiger partial charge in [-0.1, -0.05) is 0 Å². The molecule has 2 rings (SSSR count). The summed E-state index contributed by atoms with van der Waals surface area (Å²) >= 11 is 0. The predicted octanol–water partition coefficient (Wildman–Crippen LogP) is 0.862. The first kappa shape index (κ1) is 10.3. The summed E-state index contributed by atoms with van der Waals surface area (Å²) in [4.78, 5) is 20.8. The number of nitrogens with one attached hydrogen (secondary N) is 1. The molecule has 0 aliphatic carbocycles. The van der Waals surface area contributed by atoms with Gasteiger partial charge in [0.15, 0.2) is 0 Å². The van der Waals surface area contributed by atoms with Crippen LogP contribution in [-0.2, 0) is 0 Å². The highest BCUT2D eigenvalue weighted by Gasteiger charge is 2.06. The van der Waals surface area contributed by atoms with Crippen molar-refractivity contribution in [1.29, 1.82) is 0 Å². The third-order valence-corrected chi connectivity index (χ3v) is 2.11. The van der Waals surface area contributed by atoms with E-state index in [-0.39, 0.29) is 17.6 Å². The summed E-state index contributed by atoms with van der Waals surface area (Å²) in [6, 6.07) is 4.17. The van der Waals surface area contributed by atoms with E-state index in [1.165, 1.54) is 18.2 Å². The Morgan fingerprint density at radius 3 is 2.75 bits per heavy atom.